The van der Waals surface area contributed by atoms with Gasteiger partial charge in [-0.15, -0.1) is 0 Å². The Bertz CT molecular complexity index is 1830. The SMILES string of the molecule is Cc1ccc(S(=O)(=O)N(CC(=O)N(Cc2ccccc2Cl)[C@@H](Cc2ccccc2)C(=O)NC2CCCCC2)c2cc(Cl)ccc2Cl)cc1. The normalized spacial score (nSPS) is 14.2. The van der Waals surface area contributed by atoms with Gasteiger partial charge in [0, 0.05) is 29.1 Å². The molecule has 0 heterocycles. The van der Waals surface area contributed by atoms with Gasteiger partial charge in [0.15, 0.2) is 0 Å². The molecule has 1 atom stereocenters. The molecule has 0 unspecified atom stereocenters. The highest BCUT2D eigenvalue weighted by Gasteiger charge is 2.36. The summed E-state index contributed by atoms with van der Waals surface area (Å²) in [6, 6.07) is 26.3. The van der Waals surface area contributed by atoms with E-state index in [9.17, 15) is 18.0 Å². The van der Waals surface area contributed by atoms with Crippen LogP contribution in [-0.4, -0.2) is 43.8 Å². The molecule has 48 heavy (non-hydrogen) atoms. The molecule has 0 spiro atoms. The van der Waals surface area contributed by atoms with Crippen molar-refractivity contribution in [3.05, 3.63) is 129 Å². The smallest absolute Gasteiger partial charge is 0.264 e. The van der Waals surface area contributed by atoms with Crippen LogP contribution in [0.4, 0.5) is 5.69 Å². The van der Waals surface area contributed by atoms with Gasteiger partial charge in [-0.3, -0.25) is 13.9 Å². The quantitative estimate of drug-likeness (QED) is 0.159. The van der Waals surface area contributed by atoms with E-state index in [0.29, 0.717) is 10.6 Å². The molecule has 4 aromatic rings. The standard InChI is InChI=1S/C37H38Cl3N3O4S/c1-26-16-19-31(20-17-26)48(46,47)43(34-23-29(38)18-21-33(34)40)25-36(44)42(24-28-12-8-9-15-32(28)39)35(22-27-10-4-2-5-11-27)37(45)41-30-13-6-3-7-14-30/h2,4-5,8-12,15-21,23,30,35H,3,6-7,13-14,22,24-25H2,1H3,(H,41,45)/t35-/m0/s1. The number of amides is 2. The van der Waals surface area contributed by atoms with Crippen molar-refractivity contribution in [3.63, 3.8) is 0 Å². The van der Waals surface area contributed by atoms with Crippen LogP contribution in [0.15, 0.2) is 102 Å². The Hall–Kier alpha value is -3.56. The van der Waals surface area contributed by atoms with E-state index in [1.54, 1.807) is 42.5 Å². The second kappa shape index (κ2) is 16.2. The van der Waals surface area contributed by atoms with Gasteiger partial charge in [0.25, 0.3) is 10.0 Å². The van der Waals surface area contributed by atoms with Gasteiger partial charge in [0.2, 0.25) is 11.8 Å². The minimum atomic E-state index is -4.33. The molecule has 0 bridgehead atoms. The minimum Gasteiger partial charge on any atom is -0.352 e. The Labute approximate surface area is 297 Å². The van der Waals surface area contributed by atoms with E-state index in [1.165, 1.54) is 29.2 Å². The molecule has 0 saturated heterocycles. The van der Waals surface area contributed by atoms with Crippen molar-refractivity contribution in [1.82, 2.24) is 10.2 Å². The maximum Gasteiger partial charge on any atom is 0.264 e. The van der Waals surface area contributed by atoms with E-state index >= 15 is 0 Å². The number of nitrogens with zero attached hydrogens (tertiary/aromatic N) is 2. The fourth-order valence-corrected chi connectivity index (χ4v) is 7.99. The van der Waals surface area contributed by atoms with Crippen LogP contribution in [0.3, 0.4) is 0 Å². The van der Waals surface area contributed by atoms with E-state index < -0.39 is 28.5 Å². The molecule has 1 fully saturated rings. The van der Waals surface area contributed by atoms with Crippen LogP contribution in [0.1, 0.15) is 48.8 Å². The Morgan fingerprint density at radius 1 is 0.833 bits per heavy atom. The number of carbonyl (C=O) groups is 2. The lowest BCUT2D eigenvalue weighted by molar-refractivity contribution is -0.140. The van der Waals surface area contributed by atoms with Gasteiger partial charge in [0.05, 0.1) is 15.6 Å². The Kier molecular flexibility index (Phi) is 12.1. The number of rotatable bonds is 12. The summed E-state index contributed by atoms with van der Waals surface area (Å²) in [7, 11) is -4.33. The topological polar surface area (TPSA) is 86.8 Å². The van der Waals surface area contributed by atoms with Gasteiger partial charge in [-0.25, -0.2) is 8.42 Å². The van der Waals surface area contributed by atoms with Crippen LogP contribution in [0.5, 0.6) is 0 Å². The minimum absolute atomic E-state index is 0.00882. The molecule has 1 saturated carbocycles. The first kappa shape index (κ1) is 35.7. The number of nitrogens with one attached hydrogen (secondary N) is 1. The number of halogens is 3. The number of benzene rings is 4. The first-order valence-corrected chi connectivity index (χ1v) is 18.5. The van der Waals surface area contributed by atoms with Crippen molar-refractivity contribution in [2.45, 2.75) is 69.0 Å². The Balaban J connectivity index is 1.59. The first-order valence-electron chi connectivity index (χ1n) is 15.9. The predicted molar refractivity (Wildman–Crippen MR) is 193 cm³/mol. The average molecular weight is 727 g/mol. The van der Waals surface area contributed by atoms with Gasteiger partial charge in [0.1, 0.15) is 12.6 Å². The van der Waals surface area contributed by atoms with E-state index in [2.05, 4.69) is 5.32 Å². The van der Waals surface area contributed by atoms with Gasteiger partial charge in [-0.05, 0) is 67.3 Å². The molecule has 0 radical (unpaired) electrons. The van der Waals surface area contributed by atoms with Crippen molar-refractivity contribution in [2.24, 2.45) is 0 Å². The molecule has 4 aromatic carbocycles. The fraction of sp³-hybridized carbons (Fsp3) is 0.297. The molecular formula is C37H38Cl3N3O4S. The Morgan fingerprint density at radius 2 is 1.50 bits per heavy atom. The summed E-state index contributed by atoms with van der Waals surface area (Å²) in [5.41, 5.74) is 2.38. The molecule has 252 valence electrons. The van der Waals surface area contributed by atoms with E-state index in [0.717, 1.165) is 47.5 Å². The van der Waals surface area contributed by atoms with Crippen molar-refractivity contribution in [2.75, 3.05) is 10.8 Å². The van der Waals surface area contributed by atoms with Gasteiger partial charge in [-0.1, -0.05) is 120 Å². The largest absolute Gasteiger partial charge is 0.352 e. The third-order valence-corrected chi connectivity index (χ3v) is 11.3. The zero-order valence-corrected chi connectivity index (χ0v) is 29.7. The molecule has 5 rings (SSSR count). The molecule has 7 nitrogen and oxygen atoms in total. The number of aryl methyl sites for hydroxylation is 1. The van der Waals surface area contributed by atoms with Crippen LogP contribution in [0, 0.1) is 6.92 Å². The number of anilines is 1. The summed E-state index contributed by atoms with van der Waals surface area (Å²) in [4.78, 5) is 30.4. The third-order valence-electron chi connectivity index (χ3n) is 8.59. The van der Waals surface area contributed by atoms with Crippen molar-refractivity contribution in [3.8, 4) is 0 Å². The highest BCUT2D eigenvalue weighted by atomic mass is 35.5. The maximum absolute atomic E-state index is 14.7. The number of hydrogen-bond donors (Lipinski definition) is 1. The molecule has 0 aliphatic heterocycles. The van der Waals surface area contributed by atoms with Crippen molar-refractivity contribution < 1.29 is 18.0 Å². The molecule has 1 N–H and O–H groups in total. The molecule has 2 amide bonds. The van der Waals surface area contributed by atoms with Crippen molar-refractivity contribution >= 4 is 62.3 Å². The zero-order chi connectivity index (χ0) is 34.3. The Morgan fingerprint density at radius 3 is 2.19 bits per heavy atom. The van der Waals surface area contributed by atoms with Crippen LogP contribution >= 0.6 is 34.8 Å². The molecular weight excluding hydrogens is 689 g/mol. The fourth-order valence-electron chi connectivity index (χ4n) is 5.94. The van der Waals surface area contributed by atoms with Gasteiger partial charge < -0.3 is 10.2 Å². The van der Waals surface area contributed by atoms with Gasteiger partial charge >= 0.3 is 0 Å². The van der Waals surface area contributed by atoms with Crippen LogP contribution in [-0.2, 0) is 32.6 Å². The highest BCUT2D eigenvalue weighted by Crippen LogP contribution is 2.34. The zero-order valence-electron chi connectivity index (χ0n) is 26.6. The number of hydrogen-bond acceptors (Lipinski definition) is 4. The average Bonchev–Trinajstić information content (AvgIpc) is 3.08. The number of carbonyl (C=O) groups excluding carboxylic acids is 2. The lowest BCUT2D eigenvalue weighted by Crippen LogP contribution is -2.55. The van der Waals surface area contributed by atoms with E-state index in [1.807, 2.05) is 37.3 Å². The molecule has 11 heteroatoms. The third kappa shape index (κ3) is 8.91. The lowest BCUT2D eigenvalue weighted by Gasteiger charge is -2.35. The van der Waals surface area contributed by atoms with Crippen LogP contribution in [0.2, 0.25) is 15.1 Å². The summed E-state index contributed by atoms with van der Waals surface area (Å²) in [6.45, 7) is 1.17. The van der Waals surface area contributed by atoms with Crippen LogP contribution < -0.4 is 9.62 Å². The van der Waals surface area contributed by atoms with E-state index in [4.69, 9.17) is 34.8 Å². The predicted octanol–water partition coefficient (Wildman–Crippen LogP) is 8.24. The maximum atomic E-state index is 14.7. The lowest BCUT2D eigenvalue weighted by atomic mass is 9.94. The molecule has 1 aliphatic rings. The second-order valence-electron chi connectivity index (χ2n) is 12.1. The first-order chi connectivity index (χ1) is 23.0. The summed E-state index contributed by atoms with van der Waals surface area (Å²) in [5.74, 6) is -0.915. The summed E-state index contributed by atoms with van der Waals surface area (Å²) in [6.07, 6.45) is 5.08. The highest BCUT2D eigenvalue weighted by molar-refractivity contribution is 7.92. The van der Waals surface area contributed by atoms with E-state index in [-0.39, 0.29) is 45.5 Å². The summed E-state index contributed by atoms with van der Waals surface area (Å²) in [5, 5.41) is 3.96. The summed E-state index contributed by atoms with van der Waals surface area (Å²) < 4.78 is 29.5. The van der Waals surface area contributed by atoms with Crippen LogP contribution in [0.25, 0.3) is 0 Å². The van der Waals surface area contributed by atoms with Gasteiger partial charge in [-0.2, -0.15) is 0 Å². The van der Waals surface area contributed by atoms with Crippen molar-refractivity contribution in [1.29, 1.82) is 0 Å². The molecule has 0 aromatic heterocycles. The second-order valence-corrected chi connectivity index (χ2v) is 15.2. The monoisotopic (exact) mass is 725 g/mol. The summed E-state index contributed by atoms with van der Waals surface area (Å²) >= 11 is 19.5. The number of sulfonamides is 1. The molecule has 1 aliphatic carbocycles.